The molecule has 0 aromatic carbocycles. The van der Waals surface area contributed by atoms with Gasteiger partial charge in [-0.05, 0) is 48.8 Å². The Morgan fingerprint density at radius 2 is 1.89 bits per heavy atom. The van der Waals surface area contributed by atoms with Crippen LogP contribution in [0.3, 0.4) is 0 Å². The van der Waals surface area contributed by atoms with Crippen molar-refractivity contribution in [3.05, 3.63) is 22.3 Å². The van der Waals surface area contributed by atoms with Crippen molar-refractivity contribution in [1.82, 2.24) is 9.88 Å². The van der Waals surface area contributed by atoms with E-state index in [0.717, 1.165) is 48.7 Å². The molecule has 2 rings (SSSR count). The molecule has 5 heteroatoms. The molecule has 0 spiro atoms. The van der Waals surface area contributed by atoms with Crippen LogP contribution in [0.5, 0.6) is 0 Å². The number of aryl methyl sites for hydroxylation is 1. The maximum atomic E-state index is 9.85. The molecule has 0 saturated carbocycles. The van der Waals surface area contributed by atoms with Crippen molar-refractivity contribution >= 4 is 21.7 Å². The first-order chi connectivity index (χ1) is 8.85. The number of aliphatic hydroxyl groups is 1. The maximum absolute atomic E-state index is 9.85. The Morgan fingerprint density at radius 1 is 1.26 bits per heavy atom. The predicted molar refractivity (Wildman–Crippen MR) is 81.6 cm³/mol. The molecule has 1 saturated heterocycles. The van der Waals surface area contributed by atoms with Crippen molar-refractivity contribution in [2.75, 3.05) is 37.6 Å². The van der Waals surface area contributed by atoms with Crippen molar-refractivity contribution < 1.29 is 5.11 Å². The van der Waals surface area contributed by atoms with Crippen molar-refractivity contribution in [3.8, 4) is 0 Å². The molecule has 1 N–H and O–H groups in total. The molecule has 1 aliphatic rings. The van der Waals surface area contributed by atoms with Crippen LogP contribution < -0.4 is 4.90 Å². The van der Waals surface area contributed by atoms with Crippen LogP contribution >= 0.6 is 15.9 Å². The van der Waals surface area contributed by atoms with E-state index in [-0.39, 0.29) is 0 Å². The van der Waals surface area contributed by atoms with E-state index in [1.165, 1.54) is 0 Å². The molecule has 1 aliphatic heterocycles. The fourth-order valence-electron chi connectivity index (χ4n) is 2.39. The minimum absolute atomic E-state index is 0.616. The maximum Gasteiger partial charge on any atom is 0.128 e. The second-order valence-electron chi connectivity index (χ2n) is 5.81. The normalized spacial score (nSPS) is 17.8. The van der Waals surface area contributed by atoms with Crippen LogP contribution in [0, 0.1) is 6.92 Å². The van der Waals surface area contributed by atoms with Crippen LogP contribution in [0.15, 0.2) is 16.6 Å². The summed E-state index contributed by atoms with van der Waals surface area (Å²) in [5, 5.41) is 9.85. The molecule has 106 valence electrons. The van der Waals surface area contributed by atoms with Crippen molar-refractivity contribution in [2.24, 2.45) is 0 Å². The van der Waals surface area contributed by atoms with E-state index >= 15 is 0 Å². The van der Waals surface area contributed by atoms with Crippen LogP contribution in [0.25, 0.3) is 0 Å². The first-order valence-electron chi connectivity index (χ1n) is 6.68. The van der Waals surface area contributed by atoms with E-state index in [9.17, 15) is 5.11 Å². The Labute approximate surface area is 123 Å². The number of piperazine rings is 1. The summed E-state index contributed by atoms with van der Waals surface area (Å²) in [6.07, 6.45) is 0. The van der Waals surface area contributed by atoms with Crippen molar-refractivity contribution in [2.45, 2.75) is 26.4 Å². The SMILES string of the molecule is Cc1nc(N2CCN(CC(C)(C)O)CC2)ccc1Br. The molecule has 0 bridgehead atoms. The summed E-state index contributed by atoms with van der Waals surface area (Å²) in [4.78, 5) is 9.22. The highest BCUT2D eigenvalue weighted by molar-refractivity contribution is 9.10. The number of anilines is 1. The summed E-state index contributed by atoms with van der Waals surface area (Å²) >= 11 is 3.48. The van der Waals surface area contributed by atoms with Gasteiger partial charge in [0.2, 0.25) is 0 Å². The standard InChI is InChI=1S/C14H22BrN3O/c1-11-12(15)4-5-13(16-11)18-8-6-17(7-9-18)10-14(2,3)19/h4-5,19H,6-10H2,1-3H3. The molecule has 2 heterocycles. The van der Waals surface area contributed by atoms with Crippen LogP contribution in [-0.2, 0) is 0 Å². The highest BCUT2D eigenvalue weighted by Crippen LogP contribution is 2.20. The van der Waals surface area contributed by atoms with Gasteiger partial charge in [0.15, 0.2) is 0 Å². The molecule has 1 fully saturated rings. The van der Waals surface area contributed by atoms with Crippen molar-refractivity contribution in [1.29, 1.82) is 0 Å². The minimum atomic E-state index is -0.616. The first kappa shape index (κ1) is 14.8. The number of nitrogens with zero attached hydrogens (tertiary/aromatic N) is 3. The van der Waals surface area contributed by atoms with E-state index in [0.29, 0.717) is 0 Å². The van der Waals surface area contributed by atoms with Gasteiger partial charge in [0.25, 0.3) is 0 Å². The van der Waals surface area contributed by atoms with E-state index in [1.54, 1.807) is 0 Å². The lowest BCUT2D eigenvalue weighted by Gasteiger charge is -2.37. The topological polar surface area (TPSA) is 39.6 Å². The minimum Gasteiger partial charge on any atom is -0.389 e. The summed E-state index contributed by atoms with van der Waals surface area (Å²) in [5.74, 6) is 1.05. The fraction of sp³-hybridized carbons (Fsp3) is 0.643. The predicted octanol–water partition coefficient (Wildman–Crippen LogP) is 2.05. The van der Waals surface area contributed by atoms with Gasteiger partial charge in [0, 0.05) is 37.2 Å². The third-order valence-electron chi connectivity index (χ3n) is 3.31. The van der Waals surface area contributed by atoms with Gasteiger partial charge in [0.05, 0.1) is 11.3 Å². The largest absolute Gasteiger partial charge is 0.389 e. The lowest BCUT2D eigenvalue weighted by molar-refractivity contribution is 0.0344. The lowest BCUT2D eigenvalue weighted by atomic mass is 10.1. The number of hydrogen-bond donors (Lipinski definition) is 1. The number of β-amino-alcohol motifs (C(OH)–C–C–N with tert-alkyl or cyclic N) is 1. The van der Waals surface area contributed by atoms with Gasteiger partial charge in [-0.25, -0.2) is 4.98 Å². The molecular formula is C14H22BrN3O. The molecule has 19 heavy (non-hydrogen) atoms. The average molecular weight is 328 g/mol. The Hall–Kier alpha value is -0.650. The molecular weight excluding hydrogens is 306 g/mol. The van der Waals surface area contributed by atoms with E-state index in [1.807, 2.05) is 20.8 Å². The fourth-order valence-corrected chi connectivity index (χ4v) is 2.61. The monoisotopic (exact) mass is 327 g/mol. The number of halogens is 1. The average Bonchev–Trinajstić information content (AvgIpc) is 2.32. The van der Waals surface area contributed by atoms with E-state index < -0.39 is 5.60 Å². The molecule has 0 amide bonds. The zero-order chi connectivity index (χ0) is 14.0. The van der Waals surface area contributed by atoms with E-state index in [4.69, 9.17) is 0 Å². The zero-order valence-electron chi connectivity index (χ0n) is 11.9. The van der Waals surface area contributed by atoms with Gasteiger partial charge in [-0.2, -0.15) is 0 Å². The summed E-state index contributed by atoms with van der Waals surface area (Å²) in [5.41, 5.74) is 0.408. The third-order valence-corrected chi connectivity index (χ3v) is 4.15. The highest BCUT2D eigenvalue weighted by atomic mass is 79.9. The molecule has 0 unspecified atom stereocenters. The van der Waals surface area contributed by atoms with Crippen LogP contribution in [0.4, 0.5) is 5.82 Å². The lowest BCUT2D eigenvalue weighted by Crippen LogP contribution is -2.50. The second kappa shape index (κ2) is 5.77. The Bertz CT molecular complexity index is 437. The molecule has 1 aromatic heterocycles. The van der Waals surface area contributed by atoms with Crippen LogP contribution in [0.2, 0.25) is 0 Å². The van der Waals surface area contributed by atoms with Gasteiger partial charge in [-0.15, -0.1) is 0 Å². The van der Waals surface area contributed by atoms with E-state index in [2.05, 4.69) is 42.8 Å². The summed E-state index contributed by atoms with van der Waals surface area (Å²) in [6.45, 7) is 10.3. The Morgan fingerprint density at radius 3 is 2.42 bits per heavy atom. The second-order valence-corrected chi connectivity index (χ2v) is 6.67. The smallest absolute Gasteiger partial charge is 0.128 e. The molecule has 0 aliphatic carbocycles. The molecule has 1 aromatic rings. The van der Waals surface area contributed by atoms with Gasteiger partial charge in [0.1, 0.15) is 5.82 Å². The number of pyridine rings is 1. The van der Waals surface area contributed by atoms with Crippen LogP contribution in [-0.4, -0.2) is 53.3 Å². The van der Waals surface area contributed by atoms with Crippen molar-refractivity contribution in [3.63, 3.8) is 0 Å². The number of hydrogen-bond acceptors (Lipinski definition) is 4. The van der Waals surface area contributed by atoms with Gasteiger partial charge >= 0.3 is 0 Å². The van der Waals surface area contributed by atoms with Crippen LogP contribution in [0.1, 0.15) is 19.5 Å². The summed E-state index contributed by atoms with van der Waals surface area (Å²) in [7, 11) is 0. The third kappa shape index (κ3) is 4.16. The van der Waals surface area contributed by atoms with Gasteiger partial charge < -0.3 is 10.0 Å². The highest BCUT2D eigenvalue weighted by Gasteiger charge is 2.23. The van der Waals surface area contributed by atoms with Gasteiger partial charge in [-0.3, -0.25) is 4.90 Å². The summed E-state index contributed by atoms with van der Waals surface area (Å²) < 4.78 is 1.05. The van der Waals surface area contributed by atoms with Gasteiger partial charge in [-0.1, -0.05) is 0 Å². The first-order valence-corrected chi connectivity index (χ1v) is 7.47. The molecule has 4 nitrogen and oxygen atoms in total. The molecule has 0 atom stereocenters. The molecule has 0 radical (unpaired) electrons. The number of aromatic nitrogens is 1. The zero-order valence-corrected chi connectivity index (χ0v) is 13.4. The quantitative estimate of drug-likeness (QED) is 0.922. The Balaban J connectivity index is 1.94. The number of rotatable bonds is 3. The Kier molecular flexibility index (Phi) is 4.48. The summed E-state index contributed by atoms with van der Waals surface area (Å²) in [6, 6.07) is 4.11.